The maximum Gasteiger partial charge on any atom is 0.336 e. The van der Waals surface area contributed by atoms with Gasteiger partial charge in [-0.1, -0.05) is 36.4 Å². The Morgan fingerprint density at radius 2 is 1.48 bits per heavy atom. The summed E-state index contributed by atoms with van der Waals surface area (Å²) in [6, 6.07) is 14.4. The number of nitrogens with two attached hydrogens (primary N) is 1. The normalized spacial score (nSPS) is 10.6. The number of carboxylic acid groups (broad SMARTS) is 2. The minimum absolute atomic E-state index is 0.0307. The summed E-state index contributed by atoms with van der Waals surface area (Å²) >= 11 is 0. The van der Waals surface area contributed by atoms with Crippen LogP contribution in [0.25, 0.3) is 21.9 Å². The molecule has 0 saturated heterocycles. The van der Waals surface area contributed by atoms with Crippen molar-refractivity contribution in [2.45, 2.75) is 0 Å². The number of rotatable bonds is 4. The highest BCUT2D eigenvalue weighted by Gasteiger charge is 2.22. The maximum atomic E-state index is 11.8. The second-order valence-electron chi connectivity index (χ2n) is 5.45. The van der Waals surface area contributed by atoms with Gasteiger partial charge in [-0.3, -0.25) is 4.79 Å². The molecule has 124 valence electrons. The lowest BCUT2D eigenvalue weighted by Gasteiger charge is -2.14. The number of hydrogen-bond acceptors (Lipinski definition) is 3. The van der Waals surface area contributed by atoms with Gasteiger partial charge in [0, 0.05) is 0 Å². The highest BCUT2D eigenvalue weighted by molar-refractivity contribution is 6.17. The van der Waals surface area contributed by atoms with Gasteiger partial charge in [0.1, 0.15) is 0 Å². The molecule has 0 unspecified atom stereocenters. The third-order valence-corrected chi connectivity index (χ3v) is 3.95. The molecule has 0 spiro atoms. The number of carbonyl (C=O) groups excluding carboxylic acids is 1. The smallest absolute Gasteiger partial charge is 0.336 e. The van der Waals surface area contributed by atoms with Crippen LogP contribution >= 0.6 is 0 Å². The molecule has 6 nitrogen and oxygen atoms in total. The molecule has 0 aliphatic carbocycles. The van der Waals surface area contributed by atoms with Gasteiger partial charge in [-0.05, 0) is 40.1 Å². The summed E-state index contributed by atoms with van der Waals surface area (Å²) in [4.78, 5) is 34.8. The van der Waals surface area contributed by atoms with E-state index < -0.39 is 17.8 Å². The van der Waals surface area contributed by atoms with Crippen molar-refractivity contribution in [2.75, 3.05) is 0 Å². The summed E-state index contributed by atoms with van der Waals surface area (Å²) in [6.45, 7) is 0. The van der Waals surface area contributed by atoms with Crippen molar-refractivity contribution in [1.29, 1.82) is 0 Å². The van der Waals surface area contributed by atoms with Crippen molar-refractivity contribution in [1.82, 2.24) is 0 Å². The van der Waals surface area contributed by atoms with E-state index in [-0.39, 0.29) is 16.7 Å². The van der Waals surface area contributed by atoms with Crippen LogP contribution in [0.2, 0.25) is 0 Å². The van der Waals surface area contributed by atoms with Gasteiger partial charge in [0.05, 0.1) is 16.7 Å². The summed E-state index contributed by atoms with van der Waals surface area (Å²) in [5.74, 6) is -3.29. The van der Waals surface area contributed by atoms with Crippen molar-refractivity contribution in [3.8, 4) is 11.1 Å². The van der Waals surface area contributed by atoms with E-state index in [1.807, 2.05) is 6.07 Å². The fourth-order valence-corrected chi connectivity index (χ4v) is 2.85. The molecule has 3 rings (SSSR count). The van der Waals surface area contributed by atoms with Gasteiger partial charge in [0.2, 0.25) is 5.91 Å². The second kappa shape index (κ2) is 6.09. The Morgan fingerprint density at radius 3 is 2.04 bits per heavy atom. The van der Waals surface area contributed by atoms with Gasteiger partial charge in [-0.25, -0.2) is 9.59 Å². The summed E-state index contributed by atoms with van der Waals surface area (Å²) in [5.41, 5.74) is 6.27. The van der Waals surface area contributed by atoms with Gasteiger partial charge in [-0.15, -0.1) is 0 Å². The third kappa shape index (κ3) is 2.81. The van der Waals surface area contributed by atoms with E-state index in [9.17, 15) is 24.6 Å². The van der Waals surface area contributed by atoms with Crippen LogP contribution < -0.4 is 5.73 Å². The molecule has 3 aromatic carbocycles. The highest BCUT2D eigenvalue weighted by Crippen LogP contribution is 2.34. The Balaban J connectivity index is 2.50. The lowest BCUT2D eigenvalue weighted by molar-refractivity contribution is 0.0684. The van der Waals surface area contributed by atoms with Gasteiger partial charge < -0.3 is 15.9 Å². The predicted octanol–water partition coefficient (Wildman–Crippen LogP) is 3.00. The number of aromatic carboxylic acids is 2. The van der Waals surface area contributed by atoms with Crippen molar-refractivity contribution in [2.24, 2.45) is 5.73 Å². The average molecular weight is 335 g/mol. The van der Waals surface area contributed by atoms with E-state index in [1.54, 1.807) is 24.3 Å². The Bertz CT molecular complexity index is 1020. The van der Waals surface area contributed by atoms with E-state index in [4.69, 9.17) is 5.73 Å². The summed E-state index contributed by atoms with van der Waals surface area (Å²) in [7, 11) is 0. The molecular weight excluding hydrogens is 322 g/mol. The van der Waals surface area contributed by atoms with Crippen molar-refractivity contribution < 1.29 is 24.6 Å². The molecular formula is C19H13NO5. The third-order valence-electron chi connectivity index (χ3n) is 3.95. The van der Waals surface area contributed by atoms with Crippen LogP contribution in [0.15, 0.2) is 54.6 Å². The van der Waals surface area contributed by atoms with E-state index in [0.717, 1.165) is 0 Å². The van der Waals surface area contributed by atoms with Gasteiger partial charge in [-0.2, -0.15) is 0 Å². The van der Waals surface area contributed by atoms with Gasteiger partial charge in [0.15, 0.2) is 0 Å². The first kappa shape index (κ1) is 16.2. The van der Waals surface area contributed by atoms with E-state index in [2.05, 4.69) is 0 Å². The molecule has 1 amide bonds. The molecule has 0 aromatic heterocycles. The first-order valence-electron chi connectivity index (χ1n) is 7.32. The number of amides is 1. The molecule has 0 heterocycles. The number of fused-ring (bicyclic) bond motifs is 1. The van der Waals surface area contributed by atoms with E-state index in [1.165, 1.54) is 24.3 Å². The van der Waals surface area contributed by atoms with Crippen LogP contribution in [-0.2, 0) is 0 Å². The number of benzene rings is 3. The number of carboxylic acids is 2. The Morgan fingerprint density at radius 1 is 0.800 bits per heavy atom. The quantitative estimate of drug-likeness (QED) is 0.677. The van der Waals surface area contributed by atoms with Crippen molar-refractivity contribution in [3.63, 3.8) is 0 Å². The zero-order valence-corrected chi connectivity index (χ0v) is 12.9. The fourth-order valence-electron chi connectivity index (χ4n) is 2.85. The van der Waals surface area contributed by atoms with E-state index in [0.29, 0.717) is 21.9 Å². The molecule has 0 radical (unpaired) electrons. The molecule has 4 N–H and O–H groups in total. The molecule has 0 atom stereocenters. The van der Waals surface area contributed by atoms with Gasteiger partial charge >= 0.3 is 11.9 Å². The standard InChI is InChI=1S/C19H13NO5/c20-17(21)16-12-7-6-11(18(22)23)8-14(12)13(9-15(16)19(24)25)10-4-2-1-3-5-10/h1-9H,(H2,20,21)(H,22,23)(H,24,25). The Kier molecular flexibility index (Phi) is 3.94. The molecule has 6 heteroatoms. The summed E-state index contributed by atoms with van der Waals surface area (Å²) < 4.78 is 0. The Labute approximate surface area is 142 Å². The molecule has 3 aromatic rings. The molecule has 0 aliphatic heterocycles. The second-order valence-corrected chi connectivity index (χ2v) is 5.45. The number of carbonyl (C=O) groups is 3. The van der Waals surface area contributed by atoms with Crippen LogP contribution in [0, 0.1) is 0 Å². The molecule has 0 saturated carbocycles. The number of primary amides is 1. The molecule has 0 fully saturated rings. The lowest BCUT2D eigenvalue weighted by atomic mass is 9.90. The first-order chi connectivity index (χ1) is 11.9. The zero-order valence-electron chi connectivity index (χ0n) is 12.9. The predicted molar refractivity (Wildman–Crippen MR) is 91.8 cm³/mol. The molecule has 25 heavy (non-hydrogen) atoms. The minimum Gasteiger partial charge on any atom is -0.478 e. The average Bonchev–Trinajstić information content (AvgIpc) is 2.60. The minimum atomic E-state index is -1.28. The maximum absolute atomic E-state index is 11.8. The van der Waals surface area contributed by atoms with Gasteiger partial charge in [0.25, 0.3) is 0 Å². The van der Waals surface area contributed by atoms with Crippen LogP contribution in [0.5, 0.6) is 0 Å². The van der Waals surface area contributed by atoms with Crippen molar-refractivity contribution in [3.05, 3.63) is 71.3 Å². The summed E-state index contributed by atoms with van der Waals surface area (Å²) in [6.07, 6.45) is 0. The number of hydrogen-bond donors (Lipinski definition) is 3. The Hall–Kier alpha value is -3.67. The van der Waals surface area contributed by atoms with Crippen LogP contribution in [-0.4, -0.2) is 28.1 Å². The van der Waals surface area contributed by atoms with E-state index >= 15 is 0 Å². The zero-order chi connectivity index (χ0) is 18.1. The topological polar surface area (TPSA) is 118 Å². The SMILES string of the molecule is NC(=O)c1c(C(=O)O)cc(-c2ccccc2)c2cc(C(=O)O)ccc12. The largest absolute Gasteiger partial charge is 0.478 e. The highest BCUT2D eigenvalue weighted by atomic mass is 16.4. The van der Waals surface area contributed by atoms with Crippen molar-refractivity contribution >= 4 is 28.6 Å². The van der Waals surface area contributed by atoms with Crippen LogP contribution in [0.3, 0.4) is 0 Å². The lowest BCUT2D eigenvalue weighted by Crippen LogP contribution is -2.17. The molecule has 0 bridgehead atoms. The monoisotopic (exact) mass is 335 g/mol. The first-order valence-corrected chi connectivity index (χ1v) is 7.32. The molecule has 0 aliphatic rings. The summed E-state index contributed by atoms with van der Waals surface area (Å²) in [5, 5.41) is 19.5. The fraction of sp³-hybridized carbons (Fsp3) is 0. The van der Waals surface area contributed by atoms with Crippen LogP contribution in [0.4, 0.5) is 0 Å². The van der Waals surface area contributed by atoms with Crippen LogP contribution in [0.1, 0.15) is 31.1 Å².